The zero-order chi connectivity index (χ0) is 87.6. The number of esters is 6. The molecule has 8 aliphatic heterocycles. The number of nitrogens with zero attached hydrogens (tertiary/aromatic N) is 6. The van der Waals surface area contributed by atoms with Crippen molar-refractivity contribution in [1.29, 1.82) is 0 Å². The number of Topliss-reactive ketones (excluding diaryl/α,β-unsaturated/α-hetero) is 2. The van der Waals surface area contributed by atoms with E-state index in [-0.39, 0.29) is 52.3 Å². The van der Waals surface area contributed by atoms with Crippen LogP contribution in [-0.4, -0.2) is 261 Å². The van der Waals surface area contributed by atoms with E-state index in [2.05, 4.69) is 196 Å². The topological polar surface area (TPSA) is 248 Å². The fourth-order valence-corrected chi connectivity index (χ4v) is 22.4. The van der Waals surface area contributed by atoms with E-state index in [4.69, 9.17) is 47.4 Å². The molecule has 24 heteroatoms. The van der Waals surface area contributed by atoms with E-state index < -0.39 is 202 Å². The Labute approximate surface area is 693 Å². The maximum atomic E-state index is 17.2. The van der Waals surface area contributed by atoms with Gasteiger partial charge in [-0.1, -0.05) is 41.5 Å². The third-order valence-electron chi connectivity index (χ3n) is 30.9. The number of rotatable bonds is 24. The molecule has 0 aromatic carbocycles. The predicted octanol–water partition coefficient (Wildman–Crippen LogP) is 13.9. The van der Waals surface area contributed by atoms with Crippen molar-refractivity contribution in [2.75, 3.05) is 68.9 Å². The van der Waals surface area contributed by atoms with Crippen molar-refractivity contribution in [3.8, 4) is 0 Å². The Bertz CT molecular complexity index is 3350. The highest BCUT2D eigenvalue weighted by Crippen LogP contribution is 2.54. The minimum Gasteiger partial charge on any atom is -0.462 e. The summed E-state index contributed by atoms with van der Waals surface area (Å²) in [5, 5.41) is 0. The third kappa shape index (κ3) is 18.9. The second-order valence-corrected chi connectivity index (χ2v) is 45.7. The molecule has 1 spiro atoms. The van der Waals surface area contributed by atoms with Gasteiger partial charge in [0.15, 0.2) is 17.9 Å². The molecule has 8 saturated heterocycles. The van der Waals surface area contributed by atoms with Gasteiger partial charge in [0.2, 0.25) is 10.8 Å². The summed E-state index contributed by atoms with van der Waals surface area (Å²) in [5.41, 5.74) is -16.5. The van der Waals surface area contributed by atoms with Crippen molar-refractivity contribution in [2.24, 2.45) is 38.9 Å². The molecular formula is C91H158N6O18. The van der Waals surface area contributed by atoms with Gasteiger partial charge in [-0.05, 0) is 228 Å². The Morgan fingerprint density at radius 3 is 0.748 bits per heavy atom. The van der Waals surface area contributed by atoms with Gasteiger partial charge in [0.05, 0.1) is 43.2 Å². The maximum absolute atomic E-state index is 17.2. The molecule has 24 nitrogen and oxygen atoms in total. The minimum absolute atomic E-state index is 0.00927. The van der Waals surface area contributed by atoms with Crippen molar-refractivity contribution >= 4 is 47.4 Å². The number of ketones is 2. The molecule has 0 saturated carbocycles. The van der Waals surface area contributed by atoms with Gasteiger partial charge in [-0.2, -0.15) is 0 Å². The van der Waals surface area contributed by atoms with Crippen molar-refractivity contribution < 1.29 is 85.7 Å². The number of carbonyl (C=O) groups is 8. The average Bonchev–Trinajstić information content (AvgIpc) is 0.715. The van der Waals surface area contributed by atoms with Crippen LogP contribution in [0.1, 0.15) is 310 Å². The lowest BCUT2D eigenvalue weighted by atomic mass is 9.61. The molecule has 0 aliphatic carbocycles. The molecule has 115 heavy (non-hydrogen) atoms. The Morgan fingerprint density at radius 1 is 0.322 bits per heavy atom. The van der Waals surface area contributed by atoms with Gasteiger partial charge in [-0.3, -0.25) is 67.8 Å². The molecule has 3 atom stereocenters. The van der Waals surface area contributed by atoms with Gasteiger partial charge < -0.3 is 47.4 Å². The van der Waals surface area contributed by atoms with Gasteiger partial charge in [0.25, 0.3) is 0 Å². The second-order valence-electron chi connectivity index (χ2n) is 45.7. The Balaban J connectivity index is 1.20. The van der Waals surface area contributed by atoms with E-state index in [0.29, 0.717) is 77.0 Å². The number of carbonyl (C=O) groups excluding carboxylic acids is 8. The van der Waals surface area contributed by atoms with Crippen LogP contribution in [0.5, 0.6) is 0 Å². The molecule has 660 valence electrons. The van der Waals surface area contributed by atoms with Crippen molar-refractivity contribution in [2.45, 2.75) is 426 Å². The molecule has 8 fully saturated rings. The summed E-state index contributed by atoms with van der Waals surface area (Å²) in [5.74, 6) is -11.8. The normalized spacial score (nSPS) is 27.8. The van der Waals surface area contributed by atoms with E-state index in [1.165, 1.54) is 0 Å². The van der Waals surface area contributed by atoms with E-state index in [0.717, 1.165) is 0 Å². The smallest absolute Gasteiger partial charge is 0.332 e. The standard InChI is InChI=1S/C91H158N6O18/c1-37-63(67(98)110-57-39-77(7,8)92(31)78(9,10)40-57)90(71(102)112-59-43-81(15,16)94(33)82(17,18)44-59,72(103)113-60-45-83(19,20)95(34)84(21,22)46-60)69(100)75(3,4)51-65-89(53-106-56-109-65)54-107-66(108-55-89)52-76(5,6)70(101)91(73(104)114-61-47-85(23,24)96(35)86(25,26)48-61,74(105)115-62-49-87(27,28)97(36)88(29,30)50-62)64(38-2)68(99)111-58-41-79(11,12)93(32)80(13,14)42-58/h57-66H,37-56H2,1-36H3. The summed E-state index contributed by atoms with van der Waals surface area (Å²) >= 11 is 0. The van der Waals surface area contributed by atoms with Crippen LogP contribution >= 0.6 is 0 Å². The SMILES string of the molecule is CCC(C(=O)OC1CC(C)(C)N(C)C(C)(C)C1)C(C(=O)OC1CC(C)(C)N(C)C(C)(C)C1)(C(=O)OC1CC(C)(C)N(C)C(C)(C)C1)C(=O)C(C)(C)CC1OCC2(COCOC2CC(C)(C)C(=O)C(C(=O)OC2CC(C)(C)N(C)C(C)(C)C2)(C(=O)OC2CC(C)(C)N(C)C(C)(C)C2)C(CC)C(=O)OC2CC(C)(C)N(C)C(C)(C)C2)CO1. The Kier molecular flexibility index (Phi) is 27.2. The molecule has 8 aliphatic rings. The molecule has 0 N–H and O–H groups in total. The van der Waals surface area contributed by atoms with Gasteiger partial charge in [-0.15, -0.1) is 0 Å². The average molecular weight is 1620 g/mol. The lowest BCUT2D eigenvalue weighted by molar-refractivity contribution is -0.309. The molecule has 0 amide bonds. The quantitative estimate of drug-likeness (QED) is 0.0495. The summed E-state index contributed by atoms with van der Waals surface area (Å²) in [6, 6.07) is 0. The monoisotopic (exact) mass is 1620 g/mol. The van der Waals surface area contributed by atoms with Gasteiger partial charge in [0, 0.05) is 161 Å². The molecule has 8 heterocycles. The van der Waals surface area contributed by atoms with Gasteiger partial charge in [0.1, 0.15) is 43.4 Å². The molecule has 3 unspecified atom stereocenters. The number of likely N-dealkylation sites (tertiary alicyclic amines) is 6. The van der Waals surface area contributed by atoms with Crippen LogP contribution in [-0.2, 0) is 85.7 Å². The lowest BCUT2D eigenvalue weighted by Crippen LogP contribution is -2.65. The molecular weight excluding hydrogens is 1470 g/mol. The molecule has 0 aromatic rings. The lowest BCUT2D eigenvalue weighted by Gasteiger charge is -2.54. The summed E-state index contributed by atoms with van der Waals surface area (Å²) in [6.07, 6.45) is -3.00. The van der Waals surface area contributed by atoms with E-state index in [1.54, 1.807) is 41.5 Å². The van der Waals surface area contributed by atoms with Crippen LogP contribution in [0.25, 0.3) is 0 Å². The van der Waals surface area contributed by atoms with Crippen LogP contribution in [0.3, 0.4) is 0 Å². The summed E-state index contributed by atoms with van der Waals surface area (Å²) in [4.78, 5) is 146. The predicted molar refractivity (Wildman–Crippen MR) is 443 cm³/mol. The van der Waals surface area contributed by atoms with Crippen molar-refractivity contribution in [3.63, 3.8) is 0 Å². The summed E-state index contributed by atoms with van der Waals surface area (Å²) in [6.45, 7) is 59.1. The number of hydrogen-bond acceptors (Lipinski definition) is 24. The zero-order valence-electron chi connectivity index (χ0n) is 78.4. The first kappa shape index (κ1) is 96.2. The van der Waals surface area contributed by atoms with E-state index in [9.17, 15) is 0 Å². The second kappa shape index (κ2) is 32.5. The third-order valence-corrected chi connectivity index (χ3v) is 30.9. The first-order chi connectivity index (χ1) is 52.0. The number of hydrogen-bond donors (Lipinski definition) is 0. The highest BCUT2D eigenvalue weighted by molar-refractivity contribution is 6.25. The van der Waals surface area contributed by atoms with Crippen LogP contribution in [0.2, 0.25) is 0 Å². The largest absolute Gasteiger partial charge is 0.462 e. The maximum Gasteiger partial charge on any atom is 0.332 e. The van der Waals surface area contributed by atoms with Gasteiger partial charge >= 0.3 is 35.8 Å². The van der Waals surface area contributed by atoms with E-state index >= 15 is 38.4 Å². The van der Waals surface area contributed by atoms with Crippen LogP contribution in [0.15, 0.2) is 0 Å². The first-order valence-electron chi connectivity index (χ1n) is 43.2. The Hall–Kier alpha value is -4.24. The first-order valence-corrected chi connectivity index (χ1v) is 43.2. The molecule has 0 radical (unpaired) electrons. The van der Waals surface area contributed by atoms with Crippen molar-refractivity contribution in [1.82, 2.24) is 29.4 Å². The Morgan fingerprint density at radius 2 is 0.530 bits per heavy atom. The highest BCUT2D eigenvalue weighted by Gasteiger charge is 2.71. The zero-order valence-corrected chi connectivity index (χ0v) is 78.4. The van der Waals surface area contributed by atoms with E-state index in [1.807, 2.05) is 42.3 Å². The summed E-state index contributed by atoms with van der Waals surface area (Å²) < 4.78 is 67.0. The number of ether oxygens (including phenoxy) is 10. The highest BCUT2D eigenvalue weighted by atomic mass is 16.7. The molecule has 8 rings (SSSR count). The van der Waals surface area contributed by atoms with Crippen molar-refractivity contribution in [3.05, 3.63) is 0 Å². The number of piperidine rings is 6. The van der Waals surface area contributed by atoms with Crippen LogP contribution < -0.4 is 0 Å². The molecule has 0 bridgehead atoms. The minimum atomic E-state index is -2.94. The summed E-state index contributed by atoms with van der Waals surface area (Å²) in [7, 11) is 12.2. The van der Waals surface area contributed by atoms with Crippen LogP contribution in [0, 0.1) is 38.9 Å². The van der Waals surface area contributed by atoms with Crippen LogP contribution in [0.4, 0.5) is 0 Å². The fourth-order valence-electron chi connectivity index (χ4n) is 22.4. The fraction of sp³-hybridized carbons (Fsp3) is 0.912. The van der Waals surface area contributed by atoms with Gasteiger partial charge in [-0.25, -0.2) is 0 Å². The molecule has 0 aromatic heterocycles.